The minimum atomic E-state index is 0.0678. The van der Waals surface area contributed by atoms with Gasteiger partial charge in [-0.1, -0.05) is 5.10 Å². The third-order valence-corrected chi connectivity index (χ3v) is 1.91. The lowest BCUT2D eigenvalue weighted by Gasteiger charge is -1.93. The maximum absolute atomic E-state index is 5.31. The third kappa shape index (κ3) is 1.16. The fourth-order valence-corrected chi connectivity index (χ4v) is 1.05. The minimum absolute atomic E-state index is 0.0678. The second kappa shape index (κ2) is 2.58. The molecule has 0 spiro atoms. The van der Waals surface area contributed by atoms with Crippen LogP contribution in [0.5, 0.6) is 0 Å². The lowest BCUT2D eigenvalue weighted by atomic mass is 10.3. The van der Waals surface area contributed by atoms with Gasteiger partial charge in [0.05, 0.1) is 11.8 Å². The van der Waals surface area contributed by atoms with Crippen molar-refractivity contribution in [1.29, 1.82) is 0 Å². The zero-order valence-corrected chi connectivity index (χ0v) is 7.35. The molecule has 2 aromatic heterocycles. The highest BCUT2D eigenvalue weighted by molar-refractivity contribution is 5.55. The van der Waals surface area contributed by atoms with Gasteiger partial charge >= 0.3 is 6.01 Å². The average molecular weight is 179 g/mol. The molecule has 2 N–H and O–H groups in total. The number of anilines is 1. The van der Waals surface area contributed by atoms with Crippen LogP contribution in [0.3, 0.4) is 0 Å². The zero-order valence-electron chi connectivity index (χ0n) is 7.35. The maximum atomic E-state index is 5.31. The summed E-state index contributed by atoms with van der Waals surface area (Å²) in [5.41, 5.74) is 7.08. The van der Waals surface area contributed by atoms with Crippen LogP contribution in [0, 0.1) is 6.92 Å². The van der Waals surface area contributed by atoms with Crippen molar-refractivity contribution < 1.29 is 4.42 Å². The topological polar surface area (TPSA) is 82.8 Å². The summed E-state index contributed by atoms with van der Waals surface area (Å²) in [5, 5.41) is 11.4. The molecule has 2 rings (SSSR count). The van der Waals surface area contributed by atoms with Gasteiger partial charge in [0, 0.05) is 12.7 Å². The van der Waals surface area contributed by atoms with Crippen LogP contribution in [-0.2, 0) is 7.05 Å². The fraction of sp³-hybridized carbons (Fsp3) is 0.286. The highest BCUT2D eigenvalue weighted by Gasteiger charge is 2.12. The molecule has 0 aromatic carbocycles. The number of hydrogen-bond donors (Lipinski definition) is 1. The van der Waals surface area contributed by atoms with Crippen LogP contribution in [0.2, 0.25) is 0 Å². The Kier molecular flexibility index (Phi) is 1.54. The third-order valence-electron chi connectivity index (χ3n) is 1.91. The zero-order chi connectivity index (χ0) is 9.42. The summed E-state index contributed by atoms with van der Waals surface area (Å²) in [5.74, 6) is 0.406. The molecule has 0 saturated carbocycles. The van der Waals surface area contributed by atoms with Crippen LogP contribution < -0.4 is 5.73 Å². The fourth-order valence-electron chi connectivity index (χ4n) is 1.05. The molecule has 2 heterocycles. The van der Waals surface area contributed by atoms with E-state index in [1.807, 2.05) is 14.0 Å². The lowest BCUT2D eigenvalue weighted by molar-refractivity contribution is 0.589. The minimum Gasteiger partial charge on any atom is -0.403 e. The molecule has 0 unspecified atom stereocenters. The summed E-state index contributed by atoms with van der Waals surface area (Å²) >= 11 is 0. The molecule has 0 bridgehead atoms. The Morgan fingerprint density at radius 3 is 2.69 bits per heavy atom. The van der Waals surface area contributed by atoms with Gasteiger partial charge in [-0.3, -0.25) is 4.68 Å². The number of aryl methyl sites for hydroxylation is 1. The van der Waals surface area contributed by atoms with Crippen LogP contribution in [0.4, 0.5) is 6.01 Å². The molecule has 0 aliphatic carbocycles. The van der Waals surface area contributed by atoms with E-state index in [0.29, 0.717) is 5.89 Å². The normalized spacial score (nSPS) is 10.6. The van der Waals surface area contributed by atoms with Crippen LogP contribution >= 0.6 is 0 Å². The van der Waals surface area contributed by atoms with Gasteiger partial charge < -0.3 is 10.2 Å². The first kappa shape index (κ1) is 7.78. The summed E-state index contributed by atoms with van der Waals surface area (Å²) in [6.07, 6.45) is 1.67. The van der Waals surface area contributed by atoms with Crippen molar-refractivity contribution in [1.82, 2.24) is 20.0 Å². The first-order valence-corrected chi connectivity index (χ1v) is 3.76. The number of aromatic nitrogens is 4. The van der Waals surface area contributed by atoms with Crippen LogP contribution in [0.15, 0.2) is 10.6 Å². The van der Waals surface area contributed by atoms with Crippen molar-refractivity contribution >= 4 is 6.01 Å². The highest BCUT2D eigenvalue weighted by Crippen LogP contribution is 2.21. The molecule has 0 saturated heterocycles. The van der Waals surface area contributed by atoms with Crippen molar-refractivity contribution in [3.8, 4) is 11.5 Å². The summed E-state index contributed by atoms with van der Waals surface area (Å²) in [6.45, 7) is 1.92. The Morgan fingerprint density at radius 1 is 1.46 bits per heavy atom. The van der Waals surface area contributed by atoms with E-state index >= 15 is 0 Å². The first-order chi connectivity index (χ1) is 6.18. The van der Waals surface area contributed by atoms with Gasteiger partial charge in [-0.05, 0) is 6.92 Å². The monoisotopic (exact) mass is 179 g/mol. The van der Waals surface area contributed by atoms with Gasteiger partial charge in [-0.15, -0.1) is 5.10 Å². The van der Waals surface area contributed by atoms with Crippen molar-refractivity contribution in [2.24, 2.45) is 7.05 Å². The predicted molar refractivity (Wildman–Crippen MR) is 45.6 cm³/mol. The highest BCUT2D eigenvalue weighted by atomic mass is 16.4. The van der Waals surface area contributed by atoms with E-state index in [-0.39, 0.29) is 6.01 Å². The molecule has 0 aliphatic rings. The van der Waals surface area contributed by atoms with E-state index < -0.39 is 0 Å². The second-order valence-electron chi connectivity index (χ2n) is 2.71. The summed E-state index contributed by atoms with van der Waals surface area (Å²) in [7, 11) is 1.85. The van der Waals surface area contributed by atoms with Gasteiger partial charge in [0.15, 0.2) is 0 Å². The average Bonchev–Trinajstić information content (AvgIpc) is 2.62. The number of rotatable bonds is 1. The van der Waals surface area contributed by atoms with E-state index in [9.17, 15) is 0 Å². The molecular weight excluding hydrogens is 170 g/mol. The molecule has 0 atom stereocenters. The van der Waals surface area contributed by atoms with E-state index in [0.717, 1.165) is 11.3 Å². The second-order valence-corrected chi connectivity index (χ2v) is 2.71. The van der Waals surface area contributed by atoms with Gasteiger partial charge in [-0.2, -0.15) is 5.10 Å². The van der Waals surface area contributed by atoms with Gasteiger partial charge in [0.2, 0.25) is 0 Å². The van der Waals surface area contributed by atoms with E-state index in [2.05, 4.69) is 15.3 Å². The largest absolute Gasteiger partial charge is 0.403 e. The Balaban J connectivity index is 2.52. The van der Waals surface area contributed by atoms with Crippen molar-refractivity contribution in [3.05, 3.63) is 11.9 Å². The molecule has 6 nitrogen and oxygen atoms in total. The molecule has 0 aliphatic heterocycles. The standard InChI is InChI=1S/C7H9N5O/c1-4-5(3-9-12(4)2)6-10-11-7(8)13-6/h3H,1-2H3,(H2,8,11). The van der Waals surface area contributed by atoms with E-state index in [1.54, 1.807) is 10.9 Å². The Labute approximate surface area is 74.4 Å². The molecule has 13 heavy (non-hydrogen) atoms. The molecule has 0 amide bonds. The van der Waals surface area contributed by atoms with Crippen molar-refractivity contribution in [2.45, 2.75) is 6.92 Å². The SMILES string of the molecule is Cc1c(-c2nnc(N)o2)cnn1C. The first-order valence-electron chi connectivity index (χ1n) is 3.76. The smallest absolute Gasteiger partial charge is 0.313 e. The molecule has 0 radical (unpaired) electrons. The molecule has 68 valence electrons. The van der Waals surface area contributed by atoms with Crippen molar-refractivity contribution in [3.63, 3.8) is 0 Å². The number of nitrogens with two attached hydrogens (primary N) is 1. The maximum Gasteiger partial charge on any atom is 0.313 e. The number of hydrogen-bond acceptors (Lipinski definition) is 5. The quantitative estimate of drug-likeness (QED) is 0.683. The van der Waals surface area contributed by atoms with E-state index in [4.69, 9.17) is 10.2 Å². The lowest BCUT2D eigenvalue weighted by Crippen LogP contribution is -1.92. The summed E-state index contributed by atoms with van der Waals surface area (Å²) < 4.78 is 6.80. The van der Waals surface area contributed by atoms with Gasteiger partial charge in [-0.25, -0.2) is 0 Å². The number of nitrogen functional groups attached to an aromatic ring is 1. The number of nitrogens with zero attached hydrogens (tertiary/aromatic N) is 4. The van der Waals surface area contributed by atoms with Crippen LogP contribution in [-0.4, -0.2) is 20.0 Å². The van der Waals surface area contributed by atoms with Gasteiger partial charge in [0.1, 0.15) is 0 Å². The Morgan fingerprint density at radius 2 is 2.23 bits per heavy atom. The molecule has 0 fully saturated rings. The summed E-state index contributed by atoms with van der Waals surface area (Å²) in [4.78, 5) is 0. The van der Waals surface area contributed by atoms with Crippen molar-refractivity contribution in [2.75, 3.05) is 5.73 Å². The molecule has 6 heteroatoms. The Bertz CT molecular complexity index is 430. The molecule has 2 aromatic rings. The Hall–Kier alpha value is -1.85. The van der Waals surface area contributed by atoms with Gasteiger partial charge in [0.25, 0.3) is 5.89 Å². The summed E-state index contributed by atoms with van der Waals surface area (Å²) in [6, 6.07) is 0.0678. The van der Waals surface area contributed by atoms with E-state index in [1.165, 1.54) is 0 Å². The van der Waals surface area contributed by atoms with Crippen LogP contribution in [0.1, 0.15) is 5.69 Å². The molecular formula is C7H9N5O. The van der Waals surface area contributed by atoms with Crippen LogP contribution in [0.25, 0.3) is 11.5 Å². The predicted octanol–water partition coefficient (Wildman–Crippen LogP) is 0.361.